The molecule has 0 saturated carbocycles. The van der Waals surface area contributed by atoms with Gasteiger partial charge in [-0.05, 0) is 25.0 Å². The Bertz CT molecular complexity index is 641. The van der Waals surface area contributed by atoms with Crippen LogP contribution in [0.15, 0.2) is 27.8 Å². The molecule has 0 atom stereocenters. The fourth-order valence-corrected chi connectivity index (χ4v) is 2.40. The fourth-order valence-electron chi connectivity index (χ4n) is 2.40. The summed E-state index contributed by atoms with van der Waals surface area (Å²) in [5.74, 6) is 1.67. The summed E-state index contributed by atoms with van der Waals surface area (Å²) in [6, 6.07) is 3.99. The number of nitrogens with zero attached hydrogens (tertiary/aromatic N) is 3. The van der Waals surface area contributed by atoms with Crippen molar-refractivity contribution in [3.63, 3.8) is 0 Å². The van der Waals surface area contributed by atoms with E-state index in [1.165, 1.54) is 0 Å². The third kappa shape index (κ3) is 4.31. The molecule has 124 valence electrons. The molecule has 0 unspecified atom stereocenters. The number of guanidine groups is 1. The molecule has 0 amide bonds. The Kier molecular flexibility index (Phi) is 6.14. The molecule has 2 N–H and O–H groups in total. The molecule has 0 radical (unpaired) electrons. The third-order valence-electron chi connectivity index (χ3n) is 3.80. The Balaban J connectivity index is 1.96. The van der Waals surface area contributed by atoms with E-state index in [0.717, 1.165) is 47.1 Å². The van der Waals surface area contributed by atoms with Crippen molar-refractivity contribution >= 4 is 5.96 Å². The van der Waals surface area contributed by atoms with Crippen LogP contribution in [-0.4, -0.2) is 23.1 Å². The maximum Gasteiger partial charge on any atom is 0.191 e. The Morgan fingerprint density at radius 3 is 2.61 bits per heavy atom. The Morgan fingerprint density at radius 1 is 1.17 bits per heavy atom. The zero-order valence-electron chi connectivity index (χ0n) is 14.3. The van der Waals surface area contributed by atoms with Crippen molar-refractivity contribution in [3.8, 4) is 0 Å². The standard InChI is InChI=1S/C17H25N5O/c1-5-14-13(16(6-2)23-22-14)10-20-17(18-4)21-11-15-12(3)8-7-9-19-15/h7-9H,5-6,10-11H2,1-4H3,(H2,18,20,21). The largest absolute Gasteiger partial charge is 0.361 e. The SMILES string of the molecule is CCc1noc(CC)c1CNC(=NC)NCc1ncccc1C. The molecular weight excluding hydrogens is 290 g/mol. The van der Waals surface area contributed by atoms with E-state index >= 15 is 0 Å². The number of aryl methyl sites for hydroxylation is 3. The minimum atomic E-state index is 0.636. The molecule has 0 fully saturated rings. The smallest absolute Gasteiger partial charge is 0.191 e. The highest BCUT2D eigenvalue weighted by molar-refractivity contribution is 5.79. The zero-order valence-corrected chi connectivity index (χ0v) is 14.3. The topological polar surface area (TPSA) is 75.3 Å². The number of pyridine rings is 1. The van der Waals surface area contributed by atoms with Gasteiger partial charge in [-0.2, -0.15) is 0 Å². The molecule has 2 aromatic rings. The molecule has 6 heteroatoms. The second kappa shape index (κ2) is 8.31. The molecule has 0 aliphatic rings. The average molecular weight is 315 g/mol. The van der Waals surface area contributed by atoms with Crippen LogP contribution in [0.3, 0.4) is 0 Å². The summed E-state index contributed by atoms with van der Waals surface area (Å²) in [4.78, 5) is 8.64. The van der Waals surface area contributed by atoms with E-state index in [4.69, 9.17) is 4.52 Å². The van der Waals surface area contributed by atoms with Crippen LogP contribution in [0.2, 0.25) is 0 Å². The first-order valence-corrected chi connectivity index (χ1v) is 8.00. The van der Waals surface area contributed by atoms with Crippen LogP contribution in [0.25, 0.3) is 0 Å². The predicted octanol–water partition coefficient (Wildman–Crippen LogP) is 2.37. The van der Waals surface area contributed by atoms with Gasteiger partial charge in [0.15, 0.2) is 5.96 Å². The lowest BCUT2D eigenvalue weighted by Gasteiger charge is -2.12. The van der Waals surface area contributed by atoms with Gasteiger partial charge in [-0.25, -0.2) is 0 Å². The summed E-state index contributed by atoms with van der Waals surface area (Å²) < 4.78 is 5.39. The van der Waals surface area contributed by atoms with Gasteiger partial charge in [0, 0.05) is 31.8 Å². The quantitative estimate of drug-likeness (QED) is 0.632. The number of nitrogens with one attached hydrogen (secondary N) is 2. The van der Waals surface area contributed by atoms with Gasteiger partial charge < -0.3 is 15.2 Å². The fraction of sp³-hybridized carbons (Fsp3) is 0.471. The Morgan fingerprint density at radius 2 is 1.96 bits per heavy atom. The number of hydrogen-bond acceptors (Lipinski definition) is 4. The van der Waals surface area contributed by atoms with Crippen molar-refractivity contribution in [2.24, 2.45) is 4.99 Å². The highest BCUT2D eigenvalue weighted by atomic mass is 16.5. The predicted molar refractivity (Wildman–Crippen MR) is 91.3 cm³/mol. The first-order valence-electron chi connectivity index (χ1n) is 8.00. The van der Waals surface area contributed by atoms with E-state index in [2.05, 4.69) is 52.6 Å². The molecular formula is C17H25N5O. The molecule has 0 aliphatic heterocycles. The lowest BCUT2D eigenvalue weighted by atomic mass is 10.1. The van der Waals surface area contributed by atoms with E-state index in [9.17, 15) is 0 Å². The van der Waals surface area contributed by atoms with Crippen LogP contribution in [0.1, 0.15) is 42.1 Å². The average Bonchev–Trinajstić information content (AvgIpc) is 2.98. The highest BCUT2D eigenvalue weighted by Gasteiger charge is 2.13. The molecule has 6 nitrogen and oxygen atoms in total. The number of aliphatic imine (C=N–C) groups is 1. The van der Waals surface area contributed by atoms with E-state index in [0.29, 0.717) is 13.1 Å². The normalized spacial score (nSPS) is 11.6. The molecule has 2 heterocycles. The molecule has 2 aromatic heterocycles. The monoisotopic (exact) mass is 315 g/mol. The molecule has 23 heavy (non-hydrogen) atoms. The van der Waals surface area contributed by atoms with E-state index < -0.39 is 0 Å². The van der Waals surface area contributed by atoms with E-state index in [1.807, 2.05) is 6.07 Å². The first kappa shape index (κ1) is 17.0. The lowest BCUT2D eigenvalue weighted by Crippen LogP contribution is -2.37. The molecule has 0 saturated heterocycles. The lowest BCUT2D eigenvalue weighted by molar-refractivity contribution is 0.380. The maximum atomic E-state index is 5.39. The van der Waals surface area contributed by atoms with Gasteiger partial charge in [-0.15, -0.1) is 0 Å². The van der Waals surface area contributed by atoms with Crippen LogP contribution >= 0.6 is 0 Å². The summed E-state index contributed by atoms with van der Waals surface area (Å²) in [5.41, 5.74) is 4.32. The minimum absolute atomic E-state index is 0.636. The third-order valence-corrected chi connectivity index (χ3v) is 3.80. The zero-order chi connectivity index (χ0) is 16.7. The van der Waals surface area contributed by atoms with Crippen molar-refractivity contribution in [2.45, 2.75) is 46.7 Å². The maximum absolute atomic E-state index is 5.39. The summed E-state index contributed by atoms with van der Waals surface area (Å²) in [6.45, 7) is 7.49. The number of rotatable bonds is 6. The summed E-state index contributed by atoms with van der Waals surface area (Å²) in [7, 11) is 1.76. The summed E-state index contributed by atoms with van der Waals surface area (Å²) in [6.07, 6.45) is 3.50. The second-order valence-electron chi connectivity index (χ2n) is 5.28. The summed E-state index contributed by atoms with van der Waals surface area (Å²) >= 11 is 0. The Hall–Kier alpha value is -2.37. The molecule has 0 bridgehead atoms. The summed E-state index contributed by atoms with van der Waals surface area (Å²) in [5, 5.41) is 10.7. The van der Waals surface area contributed by atoms with Crippen molar-refractivity contribution in [1.82, 2.24) is 20.8 Å². The van der Waals surface area contributed by atoms with Crippen LogP contribution in [0.5, 0.6) is 0 Å². The molecule has 2 rings (SSSR count). The van der Waals surface area contributed by atoms with Gasteiger partial charge in [-0.3, -0.25) is 9.98 Å². The van der Waals surface area contributed by atoms with Crippen molar-refractivity contribution in [1.29, 1.82) is 0 Å². The van der Waals surface area contributed by atoms with Crippen LogP contribution in [0.4, 0.5) is 0 Å². The van der Waals surface area contributed by atoms with Gasteiger partial charge in [0.25, 0.3) is 0 Å². The molecule has 0 aliphatic carbocycles. The van der Waals surface area contributed by atoms with Crippen molar-refractivity contribution in [3.05, 3.63) is 46.6 Å². The minimum Gasteiger partial charge on any atom is -0.361 e. The number of hydrogen-bond donors (Lipinski definition) is 2. The van der Waals surface area contributed by atoms with Crippen LogP contribution in [0, 0.1) is 6.92 Å². The molecule has 0 aromatic carbocycles. The van der Waals surface area contributed by atoms with Crippen molar-refractivity contribution < 1.29 is 4.52 Å². The van der Waals surface area contributed by atoms with Crippen molar-refractivity contribution in [2.75, 3.05) is 7.05 Å². The first-order chi connectivity index (χ1) is 11.2. The number of aromatic nitrogens is 2. The molecule has 0 spiro atoms. The Labute approximate surface area is 137 Å². The van der Waals surface area contributed by atoms with E-state index in [-0.39, 0.29) is 0 Å². The van der Waals surface area contributed by atoms with Crippen LogP contribution in [-0.2, 0) is 25.9 Å². The van der Waals surface area contributed by atoms with Gasteiger partial charge in [0.05, 0.1) is 17.9 Å². The highest BCUT2D eigenvalue weighted by Crippen LogP contribution is 2.15. The van der Waals surface area contributed by atoms with Gasteiger partial charge in [-0.1, -0.05) is 25.1 Å². The van der Waals surface area contributed by atoms with Gasteiger partial charge >= 0.3 is 0 Å². The van der Waals surface area contributed by atoms with E-state index in [1.54, 1.807) is 13.2 Å². The van der Waals surface area contributed by atoms with Gasteiger partial charge in [0.2, 0.25) is 0 Å². The van der Waals surface area contributed by atoms with Crippen LogP contribution < -0.4 is 10.6 Å². The van der Waals surface area contributed by atoms with Gasteiger partial charge in [0.1, 0.15) is 5.76 Å². The second-order valence-corrected chi connectivity index (χ2v) is 5.28.